The van der Waals surface area contributed by atoms with Crippen LogP contribution in [0, 0.1) is 11.6 Å². The molecular formula is C20H15F2N5O. The minimum absolute atomic E-state index is 0.0487. The van der Waals surface area contributed by atoms with Crippen LogP contribution < -0.4 is 0 Å². The molecule has 0 spiro atoms. The molecule has 140 valence electrons. The summed E-state index contributed by atoms with van der Waals surface area (Å²) < 4.78 is 33.5. The van der Waals surface area contributed by atoms with E-state index in [4.69, 9.17) is 4.52 Å². The molecule has 0 saturated heterocycles. The summed E-state index contributed by atoms with van der Waals surface area (Å²) in [5.41, 5.74) is 3.38. The van der Waals surface area contributed by atoms with E-state index in [1.165, 1.54) is 24.3 Å². The lowest BCUT2D eigenvalue weighted by atomic mass is 9.89. The van der Waals surface area contributed by atoms with Crippen molar-refractivity contribution in [3.8, 4) is 17.1 Å². The fraction of sp³-hybridized carbons (Fsp3) is 0.200. The Hall–Kier alpha value is -3.42. The van der Waals surface area contributed by atoms with Crippen molar-refractivity contribution in [2.75, 3.05) is 0 Å². The number of rotatable bonds is 3. The molecular weight excluding hydrogens is 364 g/mol. The Kier molecular flexibility index (Phi) is 3.96. The van der Waals surface area contributed by atoms with Crippen molar-refractivity contribution in [2.24, 2.45) is 0 Å². The second-order valence-corrected chi connectivity index (χ2v) is 6.77. The highest BCUT2D eigenvalue weighted by atomic mass is 19.1. The van der Waals surface area contributed by atoms with Crippen LogP contribution in [0.4, 0.5) is 8.78 Å². The summed E-state index contributed by atoms with van der Waals surface area (Å²) in [6, 6.07) is 12.2. The van der Waals surface area contributed by atoms with Crippen molar-refractivity contribution in [2.45, 2.75) is 25.2 Å². The van der Waals surface area contributed by atoms with Gasteiger partial charge in [-0.05, 0) is 61.4 Å². The maximum absolute atomic E-state index is 13.2. The minimum atomic E-state index is -0.309. The summed E-state index contributed by atoms with van der Waals surface area (Å²) in [5.74, 6) is 0.437. The molecule has 0 amide bonds. The van der Waals surface area contributed by atoms with Crippen LogP contribution in [0.1, 0.15) is 29.6 Å². The molecule has 1 atom stereocenters. The predicted octanol–water partition coefficient (Wildman–Crippen LogP) is 3.87. The minimum Gasteiger partial charge on any atom is -0.339 e. The highest BCUT2D eigenvalue weighted by Gasteiger charge is 2.29. The van der Waals surface area contributed by atoms with Gasteiger partial charge < -0.3 is 4.52 Å². The summed E-state index contributed by atoms with van der Waals surface area (Å²) in [5, 5.41) is 12.5. The van der Waals surface area contributed by atoms with Crippen LogP contribution in [-0.4, -0.2) is 25.1 Å². The Morgan fingerprint density at radius 3 is 2.43 bits per heavy atom. The standard InChI is InChI=1S/C20H15F2N5O/c21-14-4-1-12(2-5-14)19-23-20(28-25-19)13-3-10-18-17(11-13)24-26-27(18)16-8-6-15(22)7-9-16/h1-2,4-9,13H,3,10-11H2. The van der Waals surface area contributed by atoms with E-state index in [0.29, 0.717) is 23.7 Å². The van der Waals surface area contributed by atoms with Gasteiger partial charge in [0, 0.05) is 17.9 Å². The van der Waals surface area contributed by atoms with Crippen LogP contribution >= 0.6 is 0 Å². The SMILES string of the molecule is Fc1ccc(-c2noc(C3CCc4c(nnn4-c4ccc(F)cc4)C3)n2)cc1. The van der Waals surface area contributed by atoms with Crippen molar-refractivity contribution in [3.05, 3.63) is 77.4 Å². The first-order chi connectivity index (χ1) is 13.7. The molecule has 1 aliphatic carbocycles. The summed E-state index contributed by atoms with van der Waals surface area (Å²) in [6.45, 7) is 0. The summed E-state index contributed by atoms with van der Waals surface area (Å²) in [7, 11) is 0. The lowest BCUT2D eigenvalue weighted by molar-refractivity contribution is 0.339. The van der Waals surface area contributed by atoms with Gasteiger partial charge in [0.25, 0.3) is 0 Å². The summed E-state index contributed by atoms with van der Waals surface area (Å²) in [6.07, 6.45) is 2.20. The van der Waals surface area contributed by atoms with E-state index in [2.05, 4.69) is 20.5 Å². The highest BCUT2D eigenvalue weighted by Crippen LogP contribution is 2.32. The fourth-order valence-electron chi connectivity index (χ4n) is 3.51. The largest absolute Gasteiger partial charge is 0.339 e. The zero-order chi connectivity index (χ0) is 19.1. The first-order valence-corrected chi connectivity index (χ1v) is 8.96. The molecule has 0 bridgehead atoms. The topological polar surface area (TPSA) is 69.6 Å². The van der Waals surface area contributed by atoms with E-state index in [1.54, 1.807) is 28.9 Å². The molecule has 2 heterocycles. The van der Waals surface area contributed by atoms with Crippen LogP contribution in [-0.2, 0) is 12.8 Å². The molecule has 0 radical (unpaired) electrons. The number of aromatic nitrogens is 5. The van der Waals surface area contributed by atoms with Gasteiger partial charge in [0.1, 0.15) is 11.6 Å². The van der Waals surface area contributed by atoms with Crippen molar-refractivity contribution >= 4 is 0 Å². The third-order valence-corrected chi connectivity index (χ3v) is 4.98. The quantitative estimate of drug-likeness (QED) is 0.541. The third kappa shape index (κ3) is 2.96. The van der Waals surface area contributed by atoms with E-state index >= 15 is 0 Å². The van der Waals surface area contributed by atoms with E-state index in [-0.39, 0.29) is 17.6 Å². The van der Waals surface area contributed by atoms with Crippen LogP contribution in [0.25, 0.3) is 17.1 Å². The number of nitrogens with zero attached hydrogens (tertiary/aromatic N) is 5. The zero-order valence-electron chi connectivity index (χ0n) is 14.7. The number of halogens is 2. The van der Waals surface area contributed by atoms with E-state index in [0.717, 1.165) is 29.9 Å². The number of hydrogen-bond acceptors (Lipinski definition) is 5. The van der Waals surface area contributed by atoms with Gasteiger partial charge in [-0.3, -0.25) is 0 Å². The molecule has 28 heavy (non-hydrogen) atoms. The van der Waals surface area contributed by atoms with Gasteiger partial charge in [-0.25, -0.2) is 13.5 Å². The smallest absolute Gasteiger partial charge is 0.230 e. The van der Waals surface area contributed by atoms with Gasteiger partial charge in [-0.2, -0.15) is 4.98 Å². The molecule has 1 aliphatic rings. The number of hydrogen-bond donors (Lipinski definition) is 0. The Balaban J connectivity index is 1.38. The average Bonchev–Trinajstić information content (AvgIpc) is 3.36. The third-order valence-electron chi connectivity index (χ3n) is 4.98. The van der Waals surface area contributed by atoms with E-state index in [9.17, 15) is 8.78 Å². The Labute approximate surface area is 158 Å². The fourth-order valence-corrected chi connectivity index (χ4v) is 3.51. The monoisotopic (exact) mass is 379 g/mol. The Morgan fingerprint density at radius 2 is 1.68 bits per heavy atom. The summed E-state index contributed by atoms with van der Waals surface area (Å²) >= 11 is 0. The van der Waals surface area contributed by atoms with Gasteiger partial charge in [-0.15, -0.1) is 5.10 Å². The van der Waals surface area contributed by atoms with Gasteiger partial charge >= 0.3 is 0 Å². The lowest BCUT2D eigenvalue weighted by Gasteiger charge is -2.18. The Bertz CT molecular complexity index is 1120. The maximum Gasteiger partial charge on any atom is 0.230 e. The van der Waals surface area contributed by atoms with Gasteiger partial charge in [-0.1, -0.05) is 10.4 Å². The van der Waals surface area contributed by atoms with Crippen molar-refractivity contribution in [1.82, 2.24) is 25.1 Å². The van der Waals surface area contributed by atoms with Crippen LogP contribution in [0.3, 0.4) is 0 Å². The first kappa shape index (κ1) is 16.7. The molecule has 4 aromatic rings. The predicted molar refractivity (Wildman–Crippen MR) is 95.8 cm³/mol. The molecule has 2 aromatic heterocycles. The molecule has 8 heteroatoms. The van der Waals surface area contributed by atoms with Gasteiger partial charge in [0.15, 0.2) is 0 Å². The normalized spacial score (nSPS) is 16.1. The lowest BCUT2D eigenvalue weighted by Crippen LogP contribution is -2.15. The van der Waals surface area contributed by atoms with Gasteiger partial charge in [0.2, 0.25) is 11.7 Å². The summed E-state index contributed by atoms with van der Waals surface area (Å²) in [4.78, 5) is 4.48. The molecule has 0 fully saturated rings. The van der Waals surface area contributed by atoms with Crippen molar-refractivity contribution < 1.29 is 13.3 Å². The second-order valence-electron chi connectivity index (χ2n) is 6.77. The van der Waals surface area contributed by atoms with Crippen molar-refractivity contribution in [1.29, 1.82) is 0 Å². The molecule has 5 rings (SSSR count). The molecule has 0 N–H and O–H groups in total. The van der Waals surface area contributed by atoms with Gasteiger partial charge in [0.05, 0.1) is 17.1 Å². The molecule has 2 aromatic carbocycles. The average molecular weight is 379 g/mol. The number of fused-ring (bicyclic) bond motifs is 1. The van der Waals surface area contributed by atoms with E-state index in [1.807, 2.05) is 0 Å². The first-order valence-electron chi connectivity index (χ1n) is 8.96. The number of benzene rings is 2. The highest BCUT2D eigenvalue weighted by molar-refractivity contribution is 5.53. The van der Waals surface area contributed by atoms with E-state index < -0.39 is 0 Å². The molecule has 0 saturated carbocycles. The molecule has 6 nitrogen and oxygen atoms in total. The molecule has 1 unspecified atom stereocenters. The van der Waals surface area contributed by atoms with Crippen LogP contribution in [0.2, 0.25) is 0 Å². The van der Waals surface area contributed by atoms with Crippen LogP contribution in [0.5, 0.6) is 0 Å². The molecule has 0 aliphatic heterocycles. The van der Waals surface area contributed by atoms with Crippen molar-refractivity contribution in [3.63, 3.8) is 0 Å². The van der Waals surface area contributed by atoms with Crippen LogP contribution in [0.15, 0.2) is 53.1 Å². The Morgan fingerprint density at radius 1 is 0.964 bits per heavy atom. The maximum atomic E-state index is 13.2. The zero-order valence-corrected chi connectivity index (χ0v) is 14.7. The second kappa shape index (κ2) is 6.63.